The number of anilines is 1. The van der Waals surface area contributed by atoms with Crippen molar-refractivity contribution < 1.29 is 0 Å². The van der Waals surface area contributed by atoms with Gasteiger partial charge >= 0.3 is 0 Å². The van der Waals surface area contributed by atoms with Gasteiger partial charge < -0.3 is 10.6 Å². The van der Waals surface area contributed by atoms with E-state index in [2.05, 4.69) is 28.7 Å². The van der Waals surface area contributed by atoms with E-state index < -0.39 is 0 Å². The van der Waals surface area contributed by atoms with Gasteiger partial charge in [0.15, 0.2) is 0 Å². The first kappa shape index (κ1) is 11.3. The van der Waals surface area contributed by atoms with Crippen LogP contribution >= 0.6 is 0 Å². The molecule has 0 spiro atoms. The van der Waals surface area contributed by atoms with Gasteiger partial charge in [0, 0.05) is 37.6 Å². The van der Waals surface area contributed by atoms with Gasteiger partial charge in [0.1, 0.15) is 0 Å². The molecule has 0 amide bonds. The van der Waals surface area contributed by atoms with Gasteiger partial charge in [-0.2, -0.15) is 0 Å². The maximum Gasteiger partial charge on any atom is 0.225 e. The van der Waals surface area contributed by atoms with Gasteiger partial charge in [0.05, 0.1) is 0 Å². The lowest BCUT2D eigenvalue weighted by atomic mass is 9.89. The highest BCUT2D eigenvalue weighted by Crippen LogP contribution is 2.24. The molecule has 1 fully saturated rings. The van der Waals surface area contributed by atoms with Crippen molar-refractivity contribution in [3.63, 3.8) is 0 Å². The van der Waals surface area contributed by atoms with Crippen LogP contribution in [0.3, 0.4) is 0 Å². The summed E-state index contributed by atoms with van der Waals surface area (Å²) in [6, 6.07) is 0. The Morgan fingerprint density at radius 2 is 2.00 bits per heavy atom. The first-order valence-corrected chi connectivity index (χ1v) is 5.96. The molecule has 2 atom stereocenters. The van der Waals surface area contributed by atoms with E-state index in [-0.39, 0.29) is 0 Å². The number of aromatic nitrogens is 2. The van der Waals surface area contributed by atoms with E-state index in [9.17, 15) is 0 Å². The van der Waals surface area contributed by atoms with Gasteiger partial charge in [0.2, 0.25) is 5.95 Å². The molecule has 4 heteroatoms. The third-order valence-corrected chi connectivity index (χ3v) is 3.54. The SMILES string of the molecule is CC1CCN(c2ncc(CN)cn2)CC1C. The van der Waals surface area contributed by atoms with Crippen LogP contribution < -0.4 is 10.6 Å². The summed E-state index contributed by atoms with van der Waals surface area (Å²) in [7, 11) is 0. The van der Waals surface area contributed by atoms with Crippen molar-refractivity contribution in [3.8, 4) is 0 Å². The molecular formula is C12H20N4. The van der Waals surface area contributed by atoms with E-state index in [1.54, 1.807) is 0 Å². The summed E-state index contributed by atoms with van der Waals surface area (Å²) in [4.78, 5) is 11.0. The van der Waals surface area contributed by atoms with Crippen molar-refractivity contribution in [2.24, 2.45) is 17.6 Å². The predicted molar refractivity (Wildman–Crippen MR) is 65.1 cm³/mol. The van der Waals surface area contributed by atoms with E-state index in [1.165, 1.54) is 6.42 Å². The quantitative estimate of drug-likeness (QED) is 0.819. The molecule has 0 saturated carbocycles. The molecule has 0 aromatic carbocycles. The van der Waals surface area contributed by atoms with Crippen LogP contribution in [0.15, 0.2) is 12.4 Å². The average Bonchev–Trinajstić information content (AvgIpc) is 2.33. The number of hydrogen-bond acceptors (Lipinski definition) is 4. The Morgan fingerprint density at radius 3 is 2.56 bits per heavy atom. The van der Waals surface area contributed by atoms with Gasteiger partial charge in [-0.05, 0) is 18.3 Å². The van der Waals surface area contributed by atoms with Crippen molar-refractivity contribution in [1.82, 2.24) is 9.97 Å². The summed E-state index contributed by atoms with van der Waals surface area (Å²) in [5.74, 6) is 2.36. The molecule has 88 valence electrons. The van der Waals surface area contributed by atoms with Crippen LogP contribution in [-0.4, -0.2) is 23.1 Å². The van der Waals surface area contributed by atoms with Gasteiger partial charge in [-0.3, -0.25) is 0 Å². The van der Waals surface area contributed by atoms with E-state index >= 15 is 0 Å². The van der Waals surface area contributed by atoms with Crippen LogP contribution in [0.2, 0.25) is 0 Å². The minimum atomic E-state index is 0.508. The molecule has 1 aliphatic rings. The van der Waals surface area contributed by atoms with Crippen molar-refractivity contribution in [1.29, 1.82) is 0 Å². The van der Waals surface area contributed by atoms with Gasteiger partial charge in [0.25, 0.3) is 0 Å². The van der Waals surface area contributed by atoms with Gasteiger partial charge in [-0.1, -0.05) is 13.8 Å². The second kappa shape index (κ2) is 4.78. The van der Waals surface area contributed by atoms with Crippen LogP contribution in [0.1, 0.15) is 25.8 Å². The first-order valence-electron chi connectivity index (χ1n) is 5.96. The zero-order chi connectivity index (χ0) is 11.5. The molecule has 1 aromatic heterocycles. The van der Waals surface area contributed by atoms with Crippen molar-refractivity contribution in [2.75, 3.05) is 18.0 Å². The second-order valence-electron chi connectivity index (χ2n) is 4.78. The molecule has 2 unspecified atom stereocenters. The lowest BCUT2D eigenvalue weighted by molar-refractivity contribution is 0.321. The molecule has 0 bridgehead atoms. The number of hydrogen-bond donors (Lipinski definition) is 1. The normalized spacial score (nSPS) is 25.8. The largest absolute Gasteiger partial charge is 0.341 e. The van der Waals surface area contributed by atoms with Crippen molar-refractivity contribution in [3.05, 3.63) is 18.0 Å². The number of nitrogens with two attached hydrogens (primary N) is 1. The van der Waals surface area contributed by atoms with E-state index in [0.717, 1.165) is 30.5 Å². The summed E-state index contributed by atoms with van der Waals surface area (Å²) in [5.41, 5.74) is 6.51. The predicted octanol–water partition coefficient (Wildman–Crippen LogP) is 1.42. The number of rotatable bonds is 2. The van der Waals surface area contributed by atoms with E-state index in [0.29, 0.717) is 12.5 Å². The van der Waals surface area contributed by atoms with E-state index in [1.807, 2.05) is 12.4 Å². The smallest absolute Gasteiger partial charge is 0.225 e. The Morgan fingerprint density at radius 1 is 1.31 bits per heavy atom. The molecule has 4 nitrogen and oxygen atoms in total. The maximum absolute atomic E-state index is 5.52. The molecule has 2 heterocycles. The third kappa shape index (κ3) is 2.32. The first-order chi connectivity index (χ1) is 7.70. The minimum absolute atomic E-state index is 0.508. The molecule has 2 rings (SSSR count). The molecule has 1 saturated heterocycles. The number of piperidine rings is 1. The Hall–Kier alpha value is -1.16. The second-order valence-corrected chi connectivity index (χ2v) is 4.78. The highest BCUT2D eigenvalue weighted by atomic mass is 15.2. The summed E-state index contributed by atoms with van der Waals surface area (Å²) in [5, 5.41) is 0. The fourth-order valence-electron chi connectivity index (χ4n) is 2.06. The Kier molecular flexibility index (Phi) is 3.39. The molecule has 1 aromatic rings. The van der Waals surface area contributed by atoms with Crippen LogP contribution in [0, 0.1) is 11.8 Å². The zero-order valence-corrected chi connectivity index (χ0v) is 10.1. The number of nitrogens with zero attached hydrogens (tertiary/aromatic N) is 3. The van der Waals surface area contributed by atoms with Crippen LogP contribution in [-0.2, 0) is 6.54 Å². The molecule has 0 radical (unpaired) electrons. The maximum atomic E-state index is 5.52. The summed E-state index contributed by atoms with van der Waals surface area (Å²) >= 11 is 0. The zero-order valence-electron chi connectivity index (χ0n) is 10.1. The van der Waals surface area contributed by atoms with Crippen molar-refractivity contribution in [2.45, 2.75) is 26.8 Å². The molecular weight excluding hydrogens is 200 g/mol. The van der Waals surface area contributed by atoms with Gasteiger partial charge in [-0.25, -0.2) is 9.97 Å². The Bertz CT molecular complexity index is 335. The molecule has 16 heavy (non-hydrogen) atoms. The van der Waals surface area contributed by atoms with Gasteiger partial charge in [-0.15, -0.1) is 0 Å². The fraction of sp³-hybridized carbons (Fsp3) is 0.667. The highest BCUT2D eigenvalue weighted by Gasteiger charge is 2.23. The average molecular weight is 220 g/mol. The van der Waals surface area contributed by atoms with Crippen LogP contribution in [0.5, 0.6) is 0 Å². The van der Waals surface area contributed by atoms with Crippen LogP contribution in [0.25, 0.3) is 0 Å². The summed E-state index contributed by atoms with van der Waals surface area (Å²) in [6.07, 6.45) is 4.87. The summed E-state index contributed by atoms with van der Waals surface area (Å²) < 4.78 is 0. The van der Waals surface area contributed by atoms with Crippen molar-refractivity contribution >= 4 is 5.95 Å². The molecule has 0 aliphatic carbocycles. The highest BCUT2D eigenvalue weighted by molar-refractivity contribution is 5.30. The standard InChI is InChI=1S/C12H20N4/c1-9-3-4-16(8-10(9)2)12-14-6-11(5-13)7-15-12/h6-7,9-10H,3-5,8,13H2,1-2H3. The Balaban J connectivity index is 2.06. The van der Waals surface area contributed by atoms with Crippen LogP contribution in [0.4, 0.5) is 5.95 Å². The minimum Gasteiger partial charge on any atom is -0.341 e. The van der Waals surface area contributed by atoms with E-state index in [4.69, 9.17) is 5.73 Å². The Labute approximate surface area is 96.9 Å². The summed E-state index contributed by atoms with van der Waals surface area (Å²) in [6.45, 7) is 7.25. The lowest BCUT2D eigenvalue weighted by Crippen LogP contribution is -2.39. The molecule has 2 N–H and O–H groups in total. The topological polar surface area (TPSA) is 55.0 Å². The lowest BCUT2D eigenvalue weighted by Gasteiger charge is -2.35. The fourth-order valence-corrected chi connectivity index (χ4v) is 2.06. The monoisotopic (exact) mass is 220 g/mol. The molecule has 1 aliphatic heterocycles. The third-order valence-electron chi connectivity index (χ3n) is 3.54.